The third-order valence-corrected chi connectivity index (χ3v) is 5.11. The molecule has 158 valence electrons. The number of aromatic nitrogens is 1. The second-order valence-corrected chi connectivity index (χ2v) is 7.40. The second kappa shape index (κ2) is 9.49. The zero-order valence-corrected chi connectivity index (χ0v) is 18.6. The molecule has 0 spiro atoms. The first-order chi connectivity index (χ1) is 14.5. The molecule has 0 radical (unpaired) electrons. The summed E-state index contributed by atoms with van der Waals surface area (Å²) in [6.07, 6.45) is 1.62. The maximum Gasteiger partial charge on any atom is 0.206 e. The van der Waals surface area contributed by atoms with Gasteiger partial charge in [-0.05, 0) is 38.1 Å². The van der Waals surface area contributed by atoms with Gasteiger partial charge in [-0.1, -0.05) is 12.2 Å². The molecule has 2 heterocycles. The number of hydrogen-bond acceptors (Lipinski definition) is 7. The summed E-state index contributed by atoms with van der Waals surface area (Å²) < 4.78 is 23.7. The fourth-order valence-electron chi connectivity index (χ4n) is 2.82. The number of ether oxygens (including phenoxy) is 3. The maximum absolute atomic E-state index is 5.51. The van der Waals surface area contributed by atoms with Gasteiger partial charge < -0.3 is 18.6 Å². The predicted octanol–water partition coefficient (Wildman–Crippen LogP) is 4.58. The van der Waals surface area contributed by atoms with E-state index in [0.717, 1.165) is 27.3 Å². The van der Waals surface area contributed by atoms with Crippen LogP contribution in [0.5, 0.6) is 17.2 Å². The fraction of sp³-hybridized carbons (Fsp3) is 0.273. The lowest BCUT2D eigenvalue weighted by molar-refractivity contribution is 0.324. The summed E-state index contributed by atoms with van der Waals surface area (Å²) in [5.41, 5.74) is 3.39. The van der Waals surface area contributed by atoms with Crippen LogP contribution in [-0.4, -0.2) is 38.3 Å². The summed E-state index contributed by atoms with van der Waals surface area (Å²) in [6, 6.07) is 7.48. The molecule has 3 rings (SSSR count). The van der Waals surface area contributed by atoms with E-state index in [0.29, 0.717) is 29.6 Å². The second-order valence-electron chi connectivity index (χ2n) is 6.57. The highest BCUT2D eigenvalue weighted by Crippen LogP contribution is 2.41. The quantitative estimate of drug-likeness (QED) is 0.390. The van der Waals surface area contributed by atoms with Crippen molar-refractivity contribution in [2.24, 2.45) is 10.1 Å². The third kappa shape index (κ3) is 4.49. The molecule has 0 saturated carbocycles. The fourth-order valence-corrected chi connectivity index (χ4v) is 3.65. The van der Waals surface area contributed by atoms with Gasteiger partial charge in [-0.25, -0.2) is 4.68 Å². The van der Waals surface area contributed by atoms with Gasteiger partial charge in [-0.3, -0.25) is 4.99 Å². The van der Waals surface area contributed by atoms with Crippen molar-refractivity contribution in [3.05, 3.63) is 58.6 Å². The van der Waals surface area contributed by atoms with Crippen LogP contribution in [0.1, 0.15) is 19.6 Å². The minimum absolute atomic E-state index is 0.518. The monoisotopic (exact) mass is 427 g/mol. The van der Waals surface area contributed by atoms with Gasteiger partial charge in [0.2, 0.25) is 10.6 Å². The summed E-state index contributed by atoms with van der Waals surface area (Å²) in [5, 5.41) is 6.78. The minimum atomic E-state index is 0.518. The first-order valence-electron chi connectivity index (χ1n) is 9.23. The van der Waals surface area contributed by atoms with Gasteiger partial charge in [-0.15, -0.1) is 11.3 Å². The van der Waals surface area contributed by atoms with Crippen LogP contribution in [0.4, 0.5) is 0 Å². The average Bonchev–Trinajstić information content (AvgIpc) is 3.41. The molecule has 0 unspecified atom stereocenters. The number of hydrogen-bond donors (Lipinski definition) is 0. The molecule has 7 nitrogen and oxygen atoms in total. The molecule has 2 aromatic heterocycles. The van der Waals surface area contributed by atoms with E-state index in [4.69, 9.17) is 23.7 Å². The Balaban J connectivity index is 2.22. The molecule has 0 aliphatic heterocycles. The van der Waals surface area contributed by atoms with Crippen molar-refractivity contribution in [1.29, 1.82) is 0 Å². The Morgan fingerprint density at radius 3 is 2.37 bits per heavy atom. The van der Waals surface area contributed by atoms with Crippen LogP contribution in [0.2, 0.25) is 0 Å². The number of nitrogens with zero attached hydrogens (tertiary/aromatic N) is 3. The SMILES string of the molecule is C=C(C)CN=c1scc(-c2cc(OC)c(OC)c(OC)c2)n1N=C(C)c1ccco1. The van der Waals surface area contributed by atoms with Crippen LogP contribution >= 0.6 is 11.3 Å². The zero-order valence-electron chi connectivity index (χ0n) is 17.8. The summed E-state index contributed by atoms with van der Waals surface area (Å²) in [5.74, 6) is 2.36. The largest absolute Gasteiger partial charge is 0.493 e. The Kier molecular flexibility index (Phi) is 6.79. The zero-order chi connectivity index (χ0) is 21.7. The topological polar surface area (TPSA) is 70.5 Å². The first kappa shape index (κ1) is 21.4. The molecule has 3 aromatic rings. The van der Waals surface area contributed by atoms with Gasteiger partial charge in [0.25, 0.3) is 0 Å². The highest BCUT2D eigenvalue weighted by Gasteiger charge is 2.17. The van der Waals surface area contributed by atoms with Gasteiger partial charge >= 0.3 is 0 Å². The number of thiazole rings is 1. The Hall–Kier alpha value is -3.26. The highest BCUT2D eigenvalue weighted by atomic mass is 32.1. The summed E-state index contributed by atoms with van der Waals surface area (Å²) >= 11 is 1.49. The van der Waals surface area contributed by atoms with Crippen molar-refractivity contribution in [3.8, 4) is 28.5 Å². The summed E-state index contributed by atoms with van der Waals surface area (Å²) in [7, 11) is 4.77. The predicted molar refractivity (Wildman–Crippen MR) is 119 cm³/mol. The van der Waals surface area contributed by atoms with Gasteiger partial charge in [-0.2, -0.15) is 5.10 Å². The van der Waals surface area contributed by atoms with E-state index in [-0.39, 0.29) is 0 Å². The van der Waals surface area contributed by atoms with Crippen molar-refractivity contribution in [2.75, 3.05) is 27.9 Å². The molecule has 0 N–H and O–H groups in total. The molecule has 0 bridgehead atoms. The van der Waals surface area contributed by atoms with E-state index in [2.05, 4.69) is 11.6 Å². The van der Waals surface area contributed by atoms with Gasteiger partial charge in [0, 0.05) is 10.9 Å². The Morgan fingerprint density at radius 1 is 1.13 bits per heavy atom. The number of furan rings is 1. The van der Waals surface area contributed by atoms with Crippen LogP contribution < -0.4 is 19.0 Å². The Morgan fingerprint density at radius 2 is 1.83 bits per heavy atom. The molecular formula is C22H25N3O4S. The molecule has 0 fully saturated rings. The van der Waals surface area contributed by atoms with E-state index in [1.165, 1.54) is 11.3 Å². The lowest BCUT2D eigenvalue weighted by Crippen LogP contribution is -2.14. The number of rotatable bonds is 8. The Bertz CT molecular complexity index is 1100. The van der Waals surface area contributed by atoms with Crippen LogP contribution in [-0.2, 0) is 0 Å². The van der Waals surface area contributed by atoms with Crippen LogP contribution in [0.25, 0.3) is 11.3 Å². The van der Waals surface area contributed by atoms with Gasteiger partial charge in [0.05, 0.1) is 39.8 Å². The molecular weight excluding hydrogens is 402 g/mol. The average molecular weight is 428 g/mol. The Labute approximate surface area is 179 Å². The normalized spacial score (nSPS) is 12.2. The van der Waals surface area contributed by atoms with Crippen molar-refractivity contribution in [3.63, 3.8) is 0 Å². The number of benzene rings is 1. The van der Waals surface area contributed by atoms with E-state index in [9.17, 15) is 0 Å². The summed E-state index contributed by atoms with van der Waals surface area (Å²) in [6.45, 7) is 8.29. The molecule has 0 amide bonds. The van der Waals surface area contributed by atoms with Crippen molar-refractivity contribution in [2.45, 2.75) is 13.8 Å². The molecule has 8 heteroatoms. The van der Waals surface area contributed by atoms with Gasteiger partial charge in [0.1, 0.15) is 11.5 Å². The maximum atomic E-state index is 5.51. The van der Waals surface area contributed by atoms with Crippen molar-refractivity contribution >= 4 is 17.0 Å². The molecule has 0 aliphatic rings. The minimum Gasteiger partial charge on any atom is -0.493 e. The van der Waals surface area contributed by atoms with E-state index >= 15 is 0 Å². The van der Waals surface area contributed by atoms with E-state index in [1.807, 2.05) is 43.5 Å². The van der Waals surface area contributed by atoms with Crippen LogP contribution in [0.15, 0.2) is 62.6 Å². The molecule has 1 aromatic carbocycles. The smallest absolute Gasteiger partial charge is 0.206 e. The van der Waals surface area contributed by atoms with Crippen LogP contribution in [0, 0.1) is 0 Å². The first-order valence-corrected chi connectivity index (χ1v) is 10.1. The van der Waals surface area contributed by atoms with Crippen LogP contribution in [0.3, 0.4) is 0 Å². The molecule has 30 heavy (non-hydrogen) atoms. The van der Waals surface area contributed by atoms with E-state index < -0.39 is 0 Å². The number of methoxy groups -OCH3 is 3. The van der Waals surface area contributed by atoms with Gasteiger partial charge in [0.15, 0.2) is 11.5 Å². The van der Waals surface area contributed by atoms with Crippen molar-refractivity contribution in [1.82, 2.24) is 4.68 Å². The molecule has 0 atom stereocenters. The lowest BCUT2D eigenvalue weighted by Gasteiger charge is -2.14. The highest BCUT2D eigenvalue weighted by molar-refractivity contribution is 7.07. The summed E-state index contributed by atoms with van der Waals surface area (Å²) in [4.78, 5) is 5.41. The third-order valence-electron chi connectivity index (χ3n) is 4.26. The van der Waals surface area contributed by atoms with E-state index in [1.54, 1.807) is 32.3 Å². The molecule has 0 saturated heterocycles. The standard InChI is InChI=1S/C22H25N3O4S/c1-14(2)12-23-22-25(24-15(3)18-8-7-9-29-18)17(13-30-22)16-10-19(26-4)21(28-6)20(11-16)27-5/h7-11,13H,1,12H2,2-6H3. The molecule has 0 aliphatic carbocycles. The lowest BCUT2D eigenvalue weighted by atomic mass is 10.1. The van der Waals surface area contributed by atoms with Crippen molar-refractivity contribution < 1.29 is 18.6 Å².